The van der Waals surface area contributed by atoms with Crippen LogP contribution >= 0.6 is 22.9 Å². The van der Waals surface area contributed by atoms with Crippen molar-refractivity contribution in [3.8, 4) is 5.75 Å². The number of anilines is 1. The molecule has 1 amide bonds. The summed E-state index contributed by atoms with van der Waals surface area (Å²) in [5.74, 6) is 0.0184. The molecule has 0 atom stereocenters. The van der Waals surface area contributed by atoms with E-state index in [1.807, 2.05) is 11.4 Å². The maximum Gasteiger partial charge on any atom is 0.224 e. The van der Waals surface area contributed by atoms with Crippen molar-refractivity contribution in [2.24, 2.45) is 0 Å². The van der Waals surface area contributed by atoms with E-state index in [1.54, 1.807) is 17.4 Å². The van der Waals surface area contributed by atoms with Crippen molar-refractivity contribution in [2.45, 2.75) is 19.3 Å². The van der Waals surface area contributed by atoms with Gasteiger partial charge >= 0.3 is 0 Å². The maximum absolute atomic E-state index is 11.7. The zero-order valence-electron chi connectivity index (χ0n) is 10.2. The van der Waals surface area contributed by atoms with E-state index in [4.69, 9.17) is 11.6 Å². The number of benzene rings is 1. The number of hydrogen-bond acceptors (Lipinski definition) is 3. The van der Waals surface area contributed by atoms with Gasteiger partial charge in [-0.25, -0.2) is 0 Å². The molecule has 1 aromatic carbocycles. The van der Waals surface area contributed by atoms with Gasteiger partial charge in [0.05, 0.1) is 10.7 Å². The molecule has 0 saturated heterocycles. The Balaban J connectivity index is 1.80. The molecule has 100 valence electrons. The Bertz CT molecular complexity index is 555. The van der Waals surface area contributed by atoms with Crippen molar-refractivity contribution in [1.29, 1.82) is 0 Å². The molecule has 0 spiro atoms. The van der Waals surface area contributed by atoms with E-state index in [0.717, 1.165) is 12.8 Å². The molecule has 1 aromatic heterocycles. The molecule has 2 rings (SSSR count). The van der Waals surface area contributed by atoms with E-state index in [9.17, 15) is 9.90 Å². The lowest BCUT2D eigenvalue weighted by atomic mass is 10.2. The number of amides is 1. The van der Waals surface area contributed by atoms with Crippen LogP contribution in [0.3, 0.4) is 0 Å². The zero-order chi connectivity index (χ0) is 13.7. The van der Waals surface area contributed by atoms with Gasteiger partial charge in [0, 0.05) is 17.4 Å². The van der Waals surface area contributed by atoms with Crippen LogP contribution in [0.15, 0.2) is 35.7 Å². The number of nitrogens with one attached hydrogen (secondary N) is 1. The first-order valence-electron chi connectivity index (χ1n) is 5.96. The van der Waals surface area contributed by atoms with Crippen LogP contribution in [-0.2, 0) is 11.2 Å². The summed E-state index contributed by atoms with van der Waals surface area (Å²) in [6, 6.07) is 8.57. The summed E-state index contributed by atoms with van der Waals surface area (Å²) >= 11 is 7.62. The Morgan fingerprint density at radius 3 is 2.89 bits per heavy atom. The number of rotatable bonds is 5. The number of hydrogen-bond donors (Lipinski definition) is 2. The van der Waals surface area contributed by atoms with Gasteiger partial charge in [0.25, 0.3) is 0 Å². The van der Waals surface area contributed by atoms with Crippen molar-refractivity contribution < 1.29 is 9.90 Å². The second kappa shape index (κ2) is 6.59. The molecular weight excluding hydrogens is 282 g/mol. The van der Waals surface area contributed by atoms with Gasteiger partial charge in [-0.3, -0.25) is 4.79 Å². The number of carbonyl (C=O) groups is 1. The smallest absolute Gasteiger partial charge is 0.224 e. The van der Waals surface area contributed by atoms with Gasteiger partial charge in [-0.05, 0) is 36.4 Å². The van der Waals surface area contributed by atoms with Gasteiger partial charge in [0.15, 0.2) is 0 Å². The summed E-state index contributed by atoms with van der Waals surface area (Å²) in [4.78, 5) is 13.0. The predicted molar refractivity (Wildman–Crippen MR) is 79.0 cm³/mol. The van der Waals surface area contributed by atoms with Gasteiger partial charge in [0.2, 0.25) is 5.91 Å². The third kappa shape index (κ3) is 4.26. The number of phenols is 1. The predicted octanol–water partition coefficient (Wildman–Crippen LogP) is 4.07. The second-order valence-electron chi connectivity index (χ2n) is 4.15. The minimum absolute atomic E-state index is 0.0656. The average molecular weight is 296 g/mol. The number of carbonyl (C=O) groups excluding carboxylic acids is 1. The standard InChI is InChI=1S/C14H14ClNO2S/c15-12-9-10(17)6-7-13(12)16-14(18)5-1-3-11-4-2-8-19-11/h2,4,6-9,17H,1,3,5H2,(H,16,18). The second-order valence-corrected chi connectivity index (χ2v) is 5.58. The molecule has 5 heteroatoms. The third-order valence-corrected chi connectivity index (χ3v) is 3.88. The van der Waals surface area contributed by atoms with E-state index in [2.05, 4.69) is 11.4 Å². The van der Waals surface area contributed by atoms with Crippen LogP contribution in [0.2, 0.25) is 5.02 Å². The SMILES string of the molecule is O=C(CCCc1cccs1)Nc1ccc(O)cc1Cl. The highest BCUT2D eigenvalue weighted by Gasteiger charge is 2.06. The van der Waals surface area contributed by atoms with Crippen LogP contribution in [0.1, 0.15) is 17.7 Å². The summed E-state index contributed by atoms with van der Waals surface area (Å²) in [7, 11) is 0. The molecule has 0 fully saturated rings. The largest absolute Gasteiger partial charge is 0.508 e. The van der Waals surface area contributed by atoms with E-state index in [-0.39, 0.29) is 11.7 Å². The fourth-order valence-electron chi connectivity index (χ4n) is 1.70. The van der Waals surface area contributed by atoms with Gasteiger partial charge in [-0.15, -0.1) is 11.3 Å². The van der Waals surface area contributed by atoms with Crippen LogP contribution in [-0.4, -0.2) is 11.0 Å². The summed E-state index contributed by atoms with van der Waals surface area (Å²) in [5, 5.41) is 14.3. The maximum atomic E-state index is 11.7. The van der Waals surface area contributed by atoms with Gasteiger partial charge in [-0.1, -0.05) is 17.7 Å². The fraction of sp³-hybridized carbons (Fsp3) is 0.214. The van der Waals surface area contributed by atoms with Gasteiger partial charge in [-0.2, -0.15) is 0 Å². The topological polar surface area (TPSA) is 49.3 Å². The molecule has 0 saturated carbocycles. The monoisotopic (exact) mass is 295 g/mol. The highest BCUT2D eigenvalue weighted by Crippen LogP contribution is 2.26. The van der Waals surface area contributed by atoms with E-state index >= 15 is 0 Å². The highest BCUT2D eigenvalue weighted by molar-refractivity contribution is 7.09. The Morgan fingerprint density at radius 2 is 2.21 bits per heavy atom. The van der Waals surface area contributed by atoms with E-state index in [1.165, 1.54) is 17.0 Å². The lowest BCUT2D eigenvalue weighted by Gasteiger charge is -2.07. The number of halogens is 1. The number of aromatic hydroxyl groups is 1. The van der Waals surface area contributed by atoms with Crippen molar-refractivity contribution in [3.63, 3.8) is 0 Å². The van der Waals surface area contributed by atoms with Crippen LogP contribution in [0.4, 0.5) is 5.69 Å². The molecule has 0 unspecified atom stereocenters. The number of thiophene rings is 1. The first-order chi connectivity index (χ1) is 9.15. The molecule has 0 bridgehead atoms. The molecule has 0 aliphatic rings. The zero-order valence-corrected chi connectivity index (χ0v) is 11.8. The summed E-state index contributed by atoms with van der Waals surface area (Å²) < 4.78 is 0. The average Bonchev–Trinajstić information content (AvgIpc) is 2.86. The quantitative estimate of drug-likeness (QED) is 0.817. The number of phenolic OH excluding ortho intramolecular Hbond substituents is 1. The van der Waals surface area contributed by atoms with Crippen molar-refractivity contribution >= 4 is 34.5 Å². The summed E-state index contributed by atoms with van der Waals surface area (Å²) in [6.45, 7) is 0. The fourth-order valence-corrected chi connectivity index (χ4v) is 2.67. The minimum atomic E-state index is -0.0656. The molecule has 0 radical (unpaired) electrons. The van der Waals surface area contributed by atoms with E-state index < -0.39 is 0 Å². The molecule has 0 aliphatic heterocycles. The molecule has 2 N–H and O–H groups in total. The summed E-state index contributed by atoms with van der Waals surface area (Å²) in [5.41, 5.74) is 0.528. The molecular formula is C14H14ClNO2S. The first kappa shape index (κ1) is 13.9. The highest BCUT2D eigenvalue weighted by atomic mass is 35.5. The van der Waals surface area contributed by atoms with Gasteiger partial charge < -0.3 is 10.4 Å². The lowest BCUT2D eigenvalue weighted by molar-refractivity contribution is -0.116. The van der Waals surface area contributed by atoms with Crippen LogP contribution in [0.25, 0.3) is 0 Å². The normalized spacial score (nSPS) is 10.4. The Morgan fingerprint density at radius 1 is 1.37 bits per heavy atom. The molecule has 3 nitrogen and oxygen atoms in total. The Hall–Kier alpha value is -1.52. The van der Waals surface area contributed by atoms with Crippen LogP contribution < -0.4 is 5.32 Å². The van der Waals surface area contributed by atoms with Crippen LogP contribution in [0, 0.1) is 0 Å². The Kier molecular flexibility index (Phi) is 4.82. The lowest BCUT2D eigenvalue weighted by Crippen LogP contribution is -2.11. The van der Waals surface area contributed by atoms with Crippen molar-refractivity contribution in [1.82, 2.24) is 0 Å². The molecule has 19 heavy (non-hydrogen) atoms. The molecule has 2 aromatic rings. The van der Waals surface area contributed by atoms with Crippen molar-refractivity contribution in [3.05, 3.63) is 45.6 Å². The number of aryl methyl sites for hydroxylation is 1. The summed E-state index contributed by atoms with van der Waals surface area (Å²) in [6.07, 6.45) is 2.17. The van der Waals surface area contributed by atoms with Crippen LogP contribution in [0.5, 0.6) is 5.75 Å². The third-order valence-electron chi connectivity index (χ3n) is 2.63. The first-order valence-corrected chi connectivity index (χ1v) is 7.21. The minimum Gasteiger partial charge on any atom is -0.508 e. The Labute approximate surface area is 120 Å². The van der Waals surface area contributed by atoms with E-state index in [0.29, 0.717) is 17.1 Å². The molecule has 0 aliphatic carbocycles. The van der Waals surface area contributed by atoms with Gasteiger partial charge in [0.1, 0.15) is 5.75 Å². The van der Waals surface area contributed by atoms with Crippen molar-refractivity contribution in [2.75, 3.05) is 5.32 Å². The molecule has 1 heterocycles.